The van der Waals surface area contributed by atoms with Crippen molar-refractivity contribution in [3.8, 4) is 5.75 Å². The fraction of sp³-hybridized carbons (Fsp3) is 0.680. The van der Waals surface area contributed by atoms with Gasteiger partial charge >= 0.3 is 0 Å². The Morgan fingerprint density at radius 2 is 1.90 bits per heavy atom. The molecule has 2 heterocycles. The number of fused-ring (bicyclic) bond motifs is 2. The molecule has 160 valence electrons. The van der Waals surface area contributed by atoms with Crippen LogP contribution in [0.5, 0.6) is 5.75 Å². The van der Waals surface area contributed by atoms with Crippen LogP contribution < -0.4 is 9.64 Å². The van der Waals surface area contributed by atoms with Crippen molar-refractivity contribution >= 4 is 0 Å². The van der Waals surface area contributed by atoms with Crippen molar-refractivity contribution in [3.05, 3.63) is 41.5 Å². The van der Waals surface area contributed by atoms with Crippen LogP contribution in [-0.4, -0.2) is 43.1 Å². The van der Waals surface area contributed by atoms with E-state index in [1.165, 1.54) is 54.8 Å². The van der Waals surface area contributed by atoms with Crippen LogP contribution in [0.25, 0.3) is 0 Å². The number of rotatable bonds is 6. The standard InChI is InChI=1S/C25H37NO3/c1-18-7-10-20-15-23(18)24(29-25(20,2)3)19-8-11-22(12-9-19)28-17-21(27)16-26-13-5-4-6-14-26/h7-9,11-12,20-21,23-24,27H,4-6,10,13-17H2,1-3H3/p+1/t20-,21-,23-,24-/m1/s1. The van der Waals surface area contributed by atoms with Gasteiger partial charge in [-0.15, -0.1) is 0 Å². The molecule has 4 atom stereocenters. The third-order valence-electron chi connectivity index (χ3n) is 7.36. The van der Waals surface area contributed by atoms with E-state index >= 15 is 0 Å². The fourth-order valence-corrected chi connectivity index (χ4v) is 5.40. The van der Waals surface area contributed by atoms with E-state index in [-0.39, 0.29) is 11.7 Å². The summed E-state index contributed by atoms with van der Waals surface area (Å²) in [6, 6.07) is 8.33. The minimum atomic E-state index is -0.405. The molecule has 2 aliphatic heterocycles. The summed E-state index contributed by atoms with van der Waals surface area (Å²) in [5.41, 5.74) is 2.60. The third kappa shape index (κ3) is 4.87. The van der Waals surface area contributed by atoms with Gasteiger partial charge in [-0.05, 0) is 76.5 Å². The van der Waals surface area contributed by atoms with Crippen LogP contribution >= 0.6 is 0 Å². The molecular weight excluding hydrogens is 362 g/mol. The maximum Gasteiger partial charge on any atom is 0.137 e. The summed E-state index contributed by atoms with van der Waals surface area (Å²) < 4.78 is 12.5. The molecule has 0 amide bonds. The Morgan fingerprint density at radius 1 is 1.17 bits per heavy atom. The lowest BCUT2D eigenvalue weighted by atomic mass is 9.69. The molecule has 3 aliphatic rings. The molecule has 29 heavy (non-hydrogen) atoms. The normalized spacial score (nSPS) is 30.5. The van der Waals surface area contributed by atoms with Crippen molar-refractivity contribution < 1.29 is 19.5 Å². The monoisotopic (exact) mass is 400 g/mol. The van der Waals surface area contributed by atoms with Gasteiger partial charge in [0.25, 0.3) is 0 Å². The van der Waals surface area contributed by atoms with Gasteiger partial charge in [-0.25, -0.2) is 0 Å². The number of aliphatic hydroxyl groups is 1. The average molecular weight is 401 g/mol. The second-order valence-electron chi connectivity index (χ2n) is 9.91. The van der Waals surface area contributed by atoms with E-state index < -0.39 is 6.10 Å². The van der Waals surface area contributed by atoms with Crippen molar-refractivity contribution in [2.24, 2.45) is 11.8 Å². The topological polar surface area (TPSA) is 43.1 Å². The van der Waals surface area contributed by atoms with Crippen LogP contribution in [0.2, 0.25) is 0 Å². The van der Waals surface area contributed by atoms with Crippen LogP contribution in [-0.2, 0) is 4.74 Å². The number of hydrogen-bond donors (Lipinski definition) is 2. The summed E-state index contributed by atoms with van der Waals surface area (Å²) in [6.45, 7) is 10.2. The fourth-order valence-electron chi connectivity index (χ4n) is 5.40. The van der Waals surface area contributed by atoms with E-state index in [1.807, 2.05) is 12.1 Å². The number of ether oxygens (including phenoxy) is 2. The highest BCUT2D eigenvalue weighted by Crippen LogP contribution is 2.50. The third-order valence-corrected chi connectivity index (χ3v) is 7.36. The number of benzene rings is 1. The zero-order valence-electron chi connectivity index (χ0n) is 18.3. The molecule has 4 rings (SSSR count). The van der Waals surface area contributed by atoms with Crippen LogP contribution in [0, 0.1) is 11.8 Å². The largest absolute Gasteiger partial charge is 0.491 e. The van der Waals surface area contributed by atoms with Gasteiger partial charge in [-0.2, -0.15) is 0 Å². The lowest BCUT2D eigenvalue weighted by Gasteiger charge is -2.49. The molecule has 4 nitrogen and oxygen atoms in total. The second-order valence-corrected chi connectivity index (χ2v) is 9.91. The number of quaternary nitrogens is 1. The lowest BCUT2D eigenvalue weighted by Crippen LogP contribution is -3.14. The number of piperidine rings is 1. The highest BCUT2D eigenvalue weighted by molar-refractivity contribution is 5.31. The predicted molar refractivity (Wildman–Crippen MR) is 115 cm³/mol. The Kier molecular flexibility index (Phi) is 6.33. The van der Waals surface area contributed by atoms with Gasteiger partial charge in [0.1, 0.15) is 25.0 Å². The quantitative estimate of drug-likeness (QED) is 0.720. The minimum Gasteiger partial charge on any atom is -0.491 e. The van der Waals surface area contributed by atoms with Crippen molar-refractivity contribution in [1.82, 2.24) is 0 Å². The molecule has 1 aromatic rings. The molecule has 1 aromatic carbocycles. The number of aliphatic hydroxyl groups excluding tert-OH is 1. The van der Waals surface area contributed by atoms with Crippen LogP contribution in [0.4, 0.5) is 0 Å². The SMILES string of the molecule is CC1=CC[C@@H]2C[C@H]1[C@@H](c1ccc(OC[C@H](O)C[NH+]3CCCCC3)cc1)OC2(C)C. The molecule has 2 saturated heterocycles. The summed E-state index contributed by atoms with van der Waals surface area (Å²) >= 11 is 0. The molecule has 2 fully saturated rings. The van der Waals surface area contributed by atoms with Crippen LogP contribution in [0.3, 0.4) is 0 Å². The van der Waals surface area contributed by atoms with E-state index in [9.17, 15) is 5.11 Å². The Labute approximate surface area is 175 Å². The Morgan fingerprint density at radius 3 is 2.62 bits per heavy atom. The van der Waals surface area contributed by atoms with Gasteiger partial charge in [0.2, 0.25) is 0 Å². The van der Waals surface area contributed by atoms with Crippen molar-refractivity contribution in [2.45, 2.75) is 70.7 Å². The van der Waals surface area contributed by atoms with Gasteiger partial charge in [0.15, 0.2) is 0 Å². The van der Waals surface area contributed by atoms with E-state index in [4.69, 9.17) is 9.47 Å². The molecule has 2 bridgehead atoms. The highest BCUT2D eigenvalue weighted by atomic mass is 16.5. The second kappa shape index (κ2) is 8.79. The lowest BCUT2D eigenvalue weighted by molar-refractivity contribution is -0.908. The number of allylic oxidation sites excluding steroid dienone is 1. The van der Waals surface area contributed by atoms with Crippen LogP contribution in [0.15, 0.2) is 35.9 Å². The van der Waals surface area contributed by atoms with E-state index in [0.29, 0.717) is 18.4 Å². The molecule has 2 N–H and O–H groups in total. The molecular formula is C25H38NO3+. The summed E-state index contributed by atoms with van der Waals surface area (Å²) in [4.78, 5) is 1.51. The van der Waals surface area contributed by atoms with Gasteiger partial charge in [0.05, 0.1) is 24.8 Å². The Bertz CT molecular complexity index is 705. The number of nitrogens with one attached hydrogen (secondary N) is 1. The molecule has 0 saturated carbocycles. The number of likely N-dealkylation sites (tertiary alicyclic amines) is 1. The maximum atomic E-state index is 10.3. The summed E-state index contributed by atoms with van der Waals surface area (Å²) in [7, 11) is 0. The van der Waals surface area contributed by atoms with E-state index in [1.54, 1.807) is 0 Å². The van der Waals surface area contributed by atoms with Crippen molar-refractivity contribution in [3.63, 3.8) is 0 Å². The zero-order valence-corrected chi connectivity index (χ0v) is 18.3. The first kappa shape index (κ1) is 20.9. The number of hydrogen-bond acceptors (Lipinski definition) is 3. The van der Waals surface area contributed by atoms with Crippen LogP contribution in [0.1, 0.15) is 64.5 Å². The average Bonchev–Trinajstić information content (AvgIpc) is 2.72. The first-order chi connectivity index (χ1) is 13.9. The molecule has 0 radical (unpaired) electrons. The molecule has 0 spiro atoms. The smallest absolute Gasteiger partial charge is 0.137 e. The summed E-state index contributed by atoms with van der Waals surface area (Å²) in [5, 5.41) is 10.3. The van der Waals surface area contributed by atoms with Gasteiger partial charge in [0, 0.05) is 5.92 Å². The van der Waals surface area contributed by atoms with Gasteiger partial charge in [-0.1, -0.05) is 23.8 Å². The molecule has 1 aliphatic carbocycles. The Hall–Kier alpha value is -1.36. The maximum absolute atomic E-state index is 10.3. The summed E-state index contributed by atoms with van der Waals surface area (Å²) in [6.07, 6.45) is 8.36. The van der Waals surface area contributed by atoms with Crippen molar-refractivity contribution in [2.75, 3.05) is 26.2 Å². The summed E-state index contributed by atoms with van der Waals surface area (Å²) in [5.74, 6) is 1.91. The Balaban J connectivity index is 1.35. The zero-order chi connectivity index (χ0) is 20.4. The molecule has 4 heteroatoms. The first-order valence-corrected chi connectivity index (χ1v) is 11.5. The van der Waals surface area contributed by atoms with Gasteiger partial charge in [-0.3, -0.25) is 0 Å². The molecule has 0 unspecified atom stereocenters. The van der Waals surface area contributed by atoms with E-state index in [2.05, 4.69) is 39.0 Å². The minimum absolute atomic E-state index is 0.0889. The molecule has 0 aromatic heterocycles. The first-order valence-electron chi connectivity index (χ1n) is 11.5. The van der Waals surface area contributed by atoms with Crippen molar-refractivity contribution in [1.29, 1.82) is 0 Å². The predicted octanol–water partition coefficient (Wildman–Crippen LogP) is 3.32. The van der Waals surface area contributed by atoms with Gasteiger partial charge < -0.3 is 19.5 Å². The van der Waals surface area contributed by atoms with E-state index in [0.717, 1.165) is 18.7 Å². The highest BCUT2D eigenvalue weighted by Gasteiger charge is 2.45.